The summed E-state index contributed by atoms with van der Waals surface area (Å²) in [6.45, 7) is 3.00. The molecule has 27 heavy (non-hydrogen) atoms. The van der Waals surface area contributed by atoms with Gasteiger partial charge in [0.25, 0.3) is 0 Å². The monoisotopic (exact) mass is 373 g/mol. The van der Waals surface area contributed by atoms with Gasteiger partial charge in [-0.1, -0.05) is 7.43 Å². The fourth-order valence-electron chi connectivity index (χ4n) is 3.33. The number of methoxy groups -OCH3 is 3. The summed E-state index contributed by atoms with van der Waals surface area (Å²) >= 11 is 0. The molecule has 0 bridgehead atoms. The van der Waals surface area contributed by atoms with Gasteiger partial charge in [0.1, 0.15) is 0 Å². The van der Waals surface area contributed by atoms with Crippen LogP contribution in [0.5, 0.6) is 17.2 Å². The number of hydrogen-bond acceptors (Lipinski definition) is 6. The van der Waals surface area contributed by atoms with Crippen molar-refractivity contribution < 1.29 is 14.2 Å². The third-order valence-corrected chi connectivity index (χ3v) is 4.82. The molecule has 1 saturated heterocycles. The van der Waals surface area contributed by atoms with Crippen LogP contribution in [-0.2, 0) is 6.54 Å². The van der Waals surface area contributed by atoms with Crippen LogP contribution in [0.15, 0.2) is 30.5 Å². The average molecular weight is 373 g/mol. The predicted octanol–water partition coefficient (Wildman–Crippen LogP) is 3.33. The lowest BCUT2D eigenvalue weighted by molar-refractivity contribution is 0.205. The molecule has 1 aromatic heterocycles. The van der Waals surface area contributed by atoms with Crippen molar-refractivity contribution in [2.75, 3.05) is 34.4 Å². The zero-order chi connectivity index (χ0) is 18.5. The molecule has 0 saturated carbocycles. The zero-order valence-corrected chi connectivity index (χ0v) is 15.7. The van der Waals surface area contributed by atoms with Gasteiger partial charge in [-0.05, 0) is 55.8 Å². The van der Waals surface area contributed by atoms with Crippen molar-refractivity contribution in [2.45, 2.75) is 32.9 Å². The van der Waals surface area contributed by atoms with Crippen molar-refractivity contribution in [3.05, 3.63) is 36.0 Å². The molecule has 0 atom stereocenters. The molecular weight excluding hydrogens is 342 g/mol. The summed E-state index contributed by atoms with van der Waals surface area (Å²) in [6.07, 6.45) is 3.97. The van der Waals surface area contributed by atoms with Gasteiger partial charge >= 0.3 is 0 Å². The maximum atomic E-state index is 6.00. The molecule has 6 nitrogen and oxygen atoms in total. The number of nitrogens with zero attached hydrogens (tertiary/aromatic N) is 2. The van der Waals surface area contributed by atoms with E-state index in [-0.39, 0.29) is 7.43 Å². The number of nitrogens with two attached hydrogens (primary N) is 1. The Morgan fingerprint density at radius 2 is 1.67 bits per heavy atom. The van der Waals surface area contributed by atoms with Crippen molar-refractivity contribution in [3.8, 4) is 28.5 Å². The number of piperidine rings is 1. The summed E-state index contributed by atoms with van der Waals surface area (Å²) in [7, 11) is 4.83. The van der Waals surface area contributed by atoms with Crippen molar-refractivity contribution >= 4 is 0 Å². The van der Waals surface area contributed by atoms with Gasteiger partial charge in [0.2, 0.25) is 5.75 Å². The minimum Gasteiger partial charge on any atom is -0.493 e. The van der Waals surface area contributed by atoms with Crippen LogP contribution in [0.3, 0.4) is 0 Å². The molecule has 1 aromatic carbocycles. The molecule has 2 heterocycles. The van der Waals surface area contributed by atoms with Crippen LogP contribution >= 0.6 is 0 Å². The van der Waals surface area contributed by atoms with Crippen LogP contribution in [0.25, 0.3) is 11.3 Å². The van der Waals surface area contributed by atoms with Crippen LogP contribution < -0.4 is 19.9 Å². The van der Waals surface area contributed by atoms with Gasteiger partial charge in [-0.3, -0.25) is 9.88 Å². The van der Waals surface area contributed by atoms with Crippen LogP contribution in [-0.4, -0.2) is 50.3 Å². The van der Waals surface area contributed by atoms with E-state index in [0.29, 0.717) is 23.3 Å². The second-order valence-electron chi connectivity index (χ2n) is 6.58. The average Bonchev–Trinajstić information content (AvgIpc) is 2.68. The molecule has 2 N–H and O–H groups in total. The van der Waals surface area contributed by atoms with Gasteiger partial charge in [0, 0.05) is 24.3 Å². The Labute approximate surface area is 162 Å². The smallest absolute Gasteiger partial charge is 0.203 e. The van der Waals surface area contributed by atoms with E-state index >= 15 is 0 Å². The summed E-state index contributed by atoms with van der Waals surface area (Å²) in [5, 5.41) is 0. The standard InChI is InChI=1S/C20H27N3O3.CH4/c1-24-18-11-15(12-19(25-2)20(18)26-3)17-10-14(4-7-22-17)13-23-8-5-16(21)6-9-23;/h4,7,10-12,16H,5-6,8-9,13,21H2,1-3H3;1H4. The molecule has 0 spiro atoms. The first-order chi connectivity index (χ1) is 12.6. The van der Waals surface area contributed by atoms with E-state index < -0.39 is 0 Å². The van der Waals surface area contributed by atoms with Gasteiger partial charge in [-0.2, -0.15) is 0 Å². The Morgan fingerprint density at radius 3 is 2.22 bits per heavy atom. The van der Waals surface area contributed by atoms with E-state index in [2.05, 4.69) is 22.0 Å². The minimum absolute atomic E-state index is 0. The van der Waals surface area contributed by atoms with E-state index in [1.54, 1.807) is 21.3 Å². The Morgan fingerprint density at radius 1 is 1.04 bits per heavy atom. The lowest BCUT2D eigenvalue weighted by atomic mass is 10.0. The topological polar surface area (TPSA) is 69.8 Å². The first-order valence-corrected chi connectivity index (χ1v) is 8.88. The normalized spacial score (nSPS) is 15.1. The van der Waals surface area contributed by atoms with E-state index in [0.717, 1.165) is 43.7 Å². The van der Waals surface area contributed by atoms with Crippen molar-refractivity contribution in [2.24, 2.45) is 5.73 Å². The number of pyridine rings is 1. The molecule has 0 aliphatic carbocycles. The Kier molecular flexibility index (Phi) is 7.45. The molecule has 6 heteroatoms. The molecule has 3 rings (SSSR count). The third kappa shape index (κ3) is 4.90. The Balaban J connectivity index is 0.00000261. The molecule has 0 unspecified atom stereocenters. The van der Waals surface area contributed by atoms with E-state index in [4.69, 9.17) is 19.9 Å². The van der Waals surface area contributed by atoms with Gasteiger partial charge in [-0.15, -0.1) is 0 Å². The Hall–Kier alpha value is -2.31. The zero-order valence-electron chi connectivity index (χ0n) is 15.7. The largest absolute Gasteiger partial charge is 0.493 e. The SMILES string of the molecule is C.COc1cc(-c2cc(CN3CCC(N)CC3)ccn2)cc(OC)c1OC. The molecular formula is C21H31N3O3. The first-order valence-electron chi connectivity index (χ1n) is 8.88. The van der Waals surface area contributed by atoms with Gasteiger partial charge in [-0.25, -0.2) is 0 Å². The number of ether oxygens (including phenoxy) is 3. The highest BCUT2D eigenvalue weighted by Gasteiger charge is 2.17. The van der Waals surface area contributed by atoms with Gasteiger partial charge < -0.3 is 19.9 Å². The third-order valence-electron chi connectivity index (χ3n) is 4.82. The lowest BCUT2D eigenvalue weighted by Gasteiger charge is -2.30. The second-order valence-corrected chi connectivity index (χ2v) is 6.58. The number of hydrogen-bond donors (Lipinski definition) is 1. The van der Waals surface area contributed by atoms with Crippen LogP contribution in [0.4, 0.5) is 0 Å². The molecule has 0 radical (unpaired) electrons. The molecule has 1 aliphatic rings. The molecule has 1 aliphatic heterocycles. The molecule has 1 fully saturated rings. The molecule has 148 valence electrons. The summed E-state index contributed by atoms with van der Waals surface area (Å²) in [6, 6.07) is 8.38. The highest BCUT2D eigenvalue weighted by atomic mass is 16.5. The number of aromatic nitrogens is 1. The summed E-state index contributed by atoms with van der Waals surface area (Å²) in [5.41, 5.74) is 9.05. The van der Waals surface area contributed by atoms with E-state index in [9.17, 15) is 0 Å². The van der Waals surface area contributed by atoms with E-state index in [1.165, 1.54) is 5.56 Å². The fraction of sp³-hybridized carbons (Fsp3) is 0.476. The Bertz CT molecular complexity index is 718. The fourth-order valence-corrected chi connectivity index (χ4v) is 3.33. The van der Waals surface area contributed by atoms with Crippen molar-refractivity contribution in [1.82, 2.24) is 9.88 Å². The van der Waals surface area contributed by atoms with Crippen LogP contribution in [0.2, 0.25) is 0 Å². The highest BCUT2D eigenvalue weighted by Crippen LogP contribution is 2.40. The highest BCUT2D eigenvalue weighted by molar-refractivity contribution is 5.69. The van der Waals surface area contributed by atoms with E-state index in [1.807, 2.05) is 18.3 Å². The lowest BCUT2D eigenvalue weighted by Crippen LogP contribution is -2.39. The van der Waals surface area contributed by atoms with Crippen LogP contribution in [0.1, 0.15) is 25.8 Å². The number of rotatable bonds is 6. The first kappa shape index (κ1) is 21.0. The van der Waals surface area contributed by atoms with Crippen molar-refractivity contribution in [3.63, 3.8) is 0 Å². The van der Waals surface area contributed by atoms with Gasteiger partial charge in [0.15, 0.2) is 11.5 Å². The van der Waals surface area contributed by atoms with Crippen LogP contribution in [0, 0.1) is 0 Å². The maximum absolute atomic E-state index is 6.00. The number of likely N-dealkylation sites (tertiary alicyclic amines) is 1. The quantitative estimate of drug-likeness (QED) is 0.837. The number of benzene rings is 1. The predicted molar refractivity (Wildman–Crippen MR) is 109 cm³/mol. The summed E-state index contributed by atoms with van der Waals surface area (Å²) < 4.78 is 16.3. The maximum Gasteiger partial charge on any atom is 0.203 e. The molecule has 0 amide bonds. The second kappa shape index (κ2) is 9.58. The van der Waals surface area contributed by atoms with Gasteiger partial charge in [0.05, 0.1) is 27.0 Å². The molecule has 2 aromatic rings. The van der Waals surface area contributed by atoms with Crippen molar-refractivity contribution in [1.29, 1.82) is 0 Å². The summed E-state index contributed by atoms with van der Waals surface area (Å²) in [5.74, 6) is 1.83. The summed E-state index contributed by atoms with van der Waals surface area (Å²) in [4.78, 5) is 6.97. The minimum atomic E-state index is 0.